The molecule has 0 fully saturated rings. The van der Waals surface area contributed by atoms with E-state index in [9.17, 15) is 0 Å². The largest absolute Gasteiger partial charge is 0.454 e. The van der Waals surface area contributed by atoms with Crippen LogP contribution in [0.1, 0.15) is 12.0 Å². The number of rotatable bonds is 3. The Kier molecular flexibility index (Phi) is 2.94. The summed E-state index contributed by atoms with van der Waals surface area (Å²) >= 11 is 5.57. The molecular formula is C11H11ClO2. The van der Waals surface area contributed by atoms with Gasteiger partial charge in [-0.25, -0.2) is 0 Å². The van der Waals surface area contributed by atoms with Crippen LogP contribution in [0, 0.1) is 0 Å². The van der Waals surface area contributed by atoms with Crippen LogP contribution in [0.5, 0.6) is 11.5 Å². The lowest BCUT2D eigenvalue weighted by Gasteiger charge is -1.97. The highest BCUT2D eigenvalue weighted by molar-refractivity contribution is 6.17. The van der Waals surface area contributed by atoms with Crippen molar-refractivity contribution in [1.29, 1.82) is 0 Å². The summed E-state index contributed by atoms with van der Waals surface area (Å²) in [7, 11) is 0. The van der Waals surface area contributed by atoms with Gasteiger partial charge in [0.15, 0.2) is 11.5 Å². The number of hydrogen-bond acceptors (Lipinski definition) is 2. The van der Waals surface area contributed by atoms with Crippen molar-refractivity contribution in [2.75, 3.05) is 12.7 Å². The van der Waals surface area contributed by atoms with Gasteiger partial charge in [0.25, 0.3) is 0 Å². The zero-order valence-corrected chi connectivity index (χ0v) is 8.46. The van der Waals surface area contributed by atoms with Crippen LogP contribution in [0.25, 0.3) is 6.08 Å². The van der Waals surface area contributed by atoms with Gasteiger partial charge in [-0.15, -0.1) is 11.6 Å². The smallest absolute Gasteiger partial charge is 0.231 e. The molecule has 0 radical (unpaired) electrons. The molecule has 0 aromatic heterocycles. The van der Waals surface area contributed by atoms with E-state index in [1.807, 2.05) is 30.4 Å². The highest BCUT2D eigenvalue weighted by Gasteiger charge is 2.11. The lowest BCUT2D eigenvalue weighted by atomic mass is 10.2. The second-order valence-electron chi connectivity index (χ2n) is 2.99. The molecular weight excluding hydrogens is 200 g/mol. The first kappa shape index (κ1) is 9.41. The molecule has 3 heteroatoms. The number of fused-ring (bicyclic) bond motifs is 1. The quantitative estimate of drug-likeness (QED) is 0.714. The van der Waals surface area contributed by atoms with Crippen molar-refractivity contribution in [2.45, 2.75) is 6.42 Å². The predicted octanol–water partition coefficient (Wildman–Crippen LogP) is 3.06. The van der Waals surface area contributed by atoms with Crippen molar-refractivity contribution in [3.05, 3.63) is 29.8 Å². The molecule has 0 saturated heterocycles. The highest BCUT2D eigenvalue weighted by Crippen LogP contribution is 2.32. The normalized spacial score (nSPS) is 13.8. The molecule has 0 spiro atoms. The molecule has 1 aliphatic heterocycles. The van der Waals surface area contributed by atoms with Gasteiger partial charge in [-0.2, -0.15) is 0 Å². The van der Waals surface area contributed by atoms with Crippen molar-refractivity contribution in [3.8, 4) is 11.5 Å². The summed E-state index contributed by atoms with van der Waals surface area (Å²) in [6, 6.07) is 5.88. The minimum absolute atomic E-state index is 0.324. The van der Waals surface area contributed by atoms with Gasteiger partial charge in [-0.05, 0) is 24.1 Å². The van der Waals surface area contributed by atoms with E-state index in [2.05, 4.69) is 0 Å². The number of hydrogen-bond donors (Lipinski definition) is 0. The summed E-state index contributed by atoms with van der Waals surface area (Å²) in [5, 5.41) is 0. The lowest BCUT2D eigenvalue weighted by Crippen LogP contribution is -1.92. The maximum absolute atomic E-state index is 5.57. The average Bonchev–Trinajstić information content (AvgIpc) is 2.65. The first-order valence-electron chi connectivity index (χ1n) is 4.52. The molecule has 1 heterocycles. The standard InChI is InChI=1S/C11H11ClO2/c12-6-2-1-3-9-4-5-10-11(7-9)14-8-13-10/h1,3-5,7H,2,6,8H2. The molecule has 1 aromatic carbocycles. The number of benzene rings is 1. The van der Waals surface area contributed by atoms with Gasteiger partial charge in [-0.3, -0.25) is 0 Å². The molecule has 1 aromatic rings. The maximum Gasteiger partial charge on any atom is 0.231 e. The van der Waals surface area contributed by atoms with Crippen LogP contribution >= 0.6 is 11.6 Å². The van der Waals surface area contributed by atoms with Crippen molar-refractivity contribution in [3.63, 3.8) is 0 Å². The average molecular weight is 211 g/mol. The van der Waals surface area contributed by atoms with Crippen LogP contribution in [-0.4, -0.2) is 12.7 Å². The van der Waals surface area contributed by atoms with Gasteiger partial charge in [0.2, 0.25) is 6.79 Å². The fraction of sp³-hybridized carbons (Fsp3) is 0.273. The Labute approximate surface area is 88.1 Å². The highest BCUT2D eigenvalue weighted by atomic mass is 35.5. The van der Waals surface area contributed by atoms with E-state index in [0.717, 1.165) is 23.5 Å². The van der Waals surface area contributed by atoms with Crippen molar-refractivity contribution >= 4 is 17.7 Å². The number of alkyl halides is 1. The SMILES string of the molecule is ClCCC=Cc1ccc2c(c1)OCO2. The Bertz CT molecular complexity index is 347. The number of allylic oxidation sites excluding steroid dienone is 1. The minimum atomic E-state index is 0.324. The van der Waals surface area contributed by atoms with Crippen LogP contribution in [0.15, 0.2) is 24.3 Å². The van der Waals surface area contributed by atoms with Crippen molar-refractivity contribution < 1.29 is 9.47 Å². The third-order valence-corrected chi connectivity index (χ3v) is 2.20. The molecule has 2 nitrogen and oxygen atoms in total. The monoisotopic (exact) mass is 210 g/mol. The molecule has 0 bridgehead atoms. The Morgan fingerprint density at radius 1 is 1.29 bits per heavy atom. The Balaban J connectivity index is 2.12. The summed E-state index contributed by atoms with van der Waals surface area (Å²) in [6.07, 6.45) is 4.96. The second-order valence-corrected chi connectivity index (χ2v) is 3.37. The van der Waals surface area contributed by atoms with Crippen LogP contribution in [0.2, 0.25) is 0 Å². The number of ether oxygens (including phenoxy) is 2. The van der Waals surface area contributed by atoms with E-state index in [4.69, 9.17) is 21.1 Å². The van der Waals surface area contributed by atoms with Crippen LogP contribution in [0.4, 0.5) is 0 Å². The van der Waals surface area contributed by atoms with E-state index in [1.54, 1.807) is 0 Å². The number of halogens is 1. The van der Waals surface area contributed by atoms with Gasteiger partial charge in [0.1, 0.15) is 0 Å². The predicted molar refractivity (Wildman–Crippen MR) is 56.9 cm³/mol. The van der Waals surface area contributed by atoms with E-state index in [-0.39, 0.29) is 0 Å². The van der Waals surface area contributed by atoms with Gasteiger partial charge < -0.3 is 9.47 Å². The van der Waals surface area contributed by atoms with Crippen molar-refractivity contribution in [2.24, 2.45) is 0 Å². The Hall–Kier alpha value is -1.15. The third kappa shape index (κ3) is 2.02. The molecule has 0 atom stereocenters. The molecule has 1 aliphatic rings. The Morgan fingerprint density at radius 3 is 3.00 bits per heavy atom. The van der Waals surface area contributed by atoms with Crippen molar-refractivity contribution in [1.82, 2.24) is 0 Å². The minimum Gasteiger partial charge on any atom is -0.454 e. The van der Waals surface area contributed by atoms with Gasteiger partial charge in [0, 0.05) is 5.88 Å². The zero-order valence-electron chi connectivity index (χ0n) is 7.70. The lowest BCUT2D eigenvalue weighted by molar-refractivity contribution is 0.174. The summed E-state index contributed by atoms with van der Waals surface area (Å²) < 4.78 is 10.5. The maximum atomic E-state index is 5.57. The molecule has 2 rings (SSSR count). The molecule has 0 unspecified atom stereocenters. The molecule has 0 N–H and O–H groups in total. The summed E-state index contributed by atoms with van der Waals surface area (Å²) in [5.41, 5.74) is 1.11. The van der Waals surface area contributed by atoms with E-state index in [0.29, 0.717) is 12.7 Å². The van der Waals surface area contributed by atoms with Crippen LogP contribution < -0.4 is 9.47 Å². The summed E-state index contributed by atoms with van der Waals surface area (Å²) in [4.78, 5) is 0. The van der Waals surface area contributed by atoms with E-state index >= 15 is 0 Å². The first-order chi connectivity index (χ1) is 6.90. The van der Waals surface area contributed by atoms with Crippen LogP contribution in [-0.2, 0) is 0 Å². The second kappa shape index (κ2) is 4.38. The van der Waals surface area contributed by atoms with E-state index < -0.39 is 0 Å². The Morgan fingerprint density at radius 2 is 2.14 bits per heavy atom. The zero-order chi connectivity index (χ0) is 9.80. The van der Waals surface area contributed by atoms with Crippen LogP contribution in [0.3, 0.4) is 0 Å². The molecule has 14 heavy (non-hydrogen) atoms. The summed E-state index contributed by atoms with van der Waals surface area (Å²) in [6.45, 7) is 0.324. The molecule has 74 valence electrons. The molecule has 0 amide bonds. The third-order valence-electron chi connectivity index (χ3n) is 1.98. The fourth-order valence-electron chi connectivity index (χ4n) is 1.30. The summed E-state index contributed by atoms with van der Waals surface area (Å²) in [5.74, 6) is 2.29. The van der Waals surface area contributed by atoms with Gasteiger partial charge in [0.05, 0.1) is 0 Å². The molecule has 0 aliphatic carbocycles. The first-order valence-corrected chi connectivity index (χ1v) is 5.06. The van der Waals surface area contributed by atoms with E-state index in [1.165, 1.54) is 0 Å². The molecule has 0 saturated carbocycles. The van der Waals surface area contributed by atoms with Gasteiger partial charge in [-0.1, -0.05) is 18.2 Å². The van der Waals surface area contributed by atoms with Gasteiger partial charge >= 0.3 is 0 Å². The fourth-order valence-corrected chi connectivity index (χ4v) is 1.43. The topological polar surface area (TPSA) is 18.5 Å².